The standard InChI is InChI=1S/C15H27NO2/c1-15(2)11-13(17)9-10-16(15)14(18)8-7-12-5-3-4-6-12/h12-13,17H,3-11H2,1-2H3. The van der Waals surface area contributed by atoms with Gasteiger partial charge in [0.05, 0.1) is 6.10 Å². The molecule has 0 aromatic carbocycles. The van der Waals surface area contributed by atoms with E-state index in [9.17, 15) is 9.90 Å². The maximum absolute atomic E-state index is 12.3. The van der Waals surface area contributed by atoms with E-state index >= 15 is 0 Å². The van der Waals surface area contributed by atoms with Crippen LogP contribution in [0.4, 0.5) is 0 Å². The van der Waals surface area contributed by atoms with Gasteiger partial charge in [-0.1, -0.05) is 25.7 Å². The Morgan fingerprint density at radius 2 is 1.94 bits per heavy atom. The molecule has 1 saturated heterocycles. The van der Waals surface area contributed by atoms with Gasteiger partial charge >= 0.3 is 0 Å². The summed E-state index contributed by atoms with van der Waals surface area (Å²) in [6.07, 6.45) is 8.29. The Hall–Kier alpha value is -0.570. The number of hydrogen-bond acceptors (Lipinski definition) is 2. The summed E-state index contributed by atoms with van der Waals surface area (Å²) in [5.74, 6) is 1.08. The number of likely N-dealkylation sites (tertiary alicyclic amines) is 1. The van der Waals surface area contributed by atoms with Crippen LogP contribution in [-0.4, -0.2) is 34.1 Å². The Bertz CT molecular complexity index is 295. The fourth-order valence-electron chi connectivity index (χ4n) is 3.59. The van der Waals surface area contributed by atoms with Crippen LogP contribution in [0.3, 0.4) is 0 Å². The van der Waals surface area contributed by atoms with Gasteiger partial charge in [0, 0.05) is 18.5 Å². The average molecular weight is 253 g/mol. The zero-order valence-corrected chi connectivity index (χ0v) is 11.8. The third-order valence-corrected chi connectivity index (χ3v) is 4.69. The van der Waals surface area contributed by atoms with Crippen molar-refractivity contribution in [2.24, 2.45) is 5.92 Å². The summed E-state index contributed by atoms with van der Waals surface area (Å²) in [6.45, 7) is 4.86. The third-order valence-electron chi connectivity index (χ3n) is 4.69. The smallest absolute Gasteiger partial charge is 0.223 e. The van der Waals surface area contributed by atoms with Crippen molar-refractivity contribution in [1.29, 1.82) is 0 Å². The number of piperidine rings is 1. The molecule has 2 fully saturated rings. The van der Waals surface area contributed by atoms with Crippen LogP contribution in [0, 0.1) is 5.92 Å². The van der Waals surface area contributed by atoms with Gasteiger partial charge in [-0.3, -0.25) is 4.79 Å². The minimum absolute atomic E-state index is 0.176. The van der Waals surface area contributed by atoms with E-state index in [1.165, 1.54) is 25.7 Å². The lowest BCUT2D eigenvalue weighted by Crippen LogP contribution is -2.54. The van der Waals surface area contributed by atoms with Crippen LogP contribution >= 0.6 is 0 Å². The van der Waals surface area contributed by atoms with E-state index in [0.717, 1.165) is 25.3 Å². The van der Waals surface area contributed by atoms with Crippen molar-refractivity contribution in [1.82, 2.24) is 4.90 Å². The van der Waals surface area contributed by atoms with Crippen LogP contribution in [-0.2, 0) is 4.79 Å². The lowest BCUT2D eigenvalue weighted by atomic mass is 9.88. The molecule has 18 heavy (non-hydrogen) atoms. The topological polar surface area (TPSA) is 40.5 Å². The molecule has 1 amide bonds. The highest BCUT2D eigenvalue weighted by molar-refractivity contribution is 5.77. The lowest BCUT2D eigenvalue weighted by Gasteiger charge is -2.44. The maximum atomic E-state index is 12.3. The number of nitrogens with zero attached hydrogens (tertiary/aromatic N) is 1. The number of hydrogen-bond donors (Lipinski definition) is 1. The number of carbonyl (C=O) groups is 1. The van der Waals surface area contributed by atoms with E-state index in [-0.39, 0.29) is 11.6 Å². The Labute approximate surface area is 111 Å². The summed E-state index contributed by atoms with van der Waals surface area (Å²) in [5, 5.41) is 9.71. The summed E-state index contributed by atoms with van der Waals surface area (Å²) in [4.78, 5) is 14.3. The van der Waals surface area contributed by atoms with E-state index in [2.05, 4.69) is 13.8 Å². The molecule has 0 aromatic rings. The molecule has 104 valence electrons. The van der Waals surface area contributed by atoms with E-state index in [0.29, 0.717) is 18.7 Å². The first kappa shape index (κ1) is 13.9. The first-order valence-electron chi connectivity index (χ1n) is 7.47. The zero-order chi connectivity index (χ0) is 13.2. The molecule has 1 unspecified atom stereocenters. The summed E-state index contributed by atoms with van der Waals surface area (Å²) in [6, 6.07) is 0. The maximum Gasteiger partial charge on any atom is 0.223 e. The van der Waals surface area contributed by atoms with Crippen LogP contribution in [0.1, 0.15) is 65.2 Å². The predicted molar refractivity (Wildman–Crippen MR) is 72.2 cm³/mol. The van der Waals surface area contributed by atoms with Gasteiger partial charge in [0.2, 0.25) is 5.91 Å². The highest BCUT2D eigenvalue weighted by Crippen LogP contribution is 2.31. The number of aliphatic hydroxyl groups excluding tert-OH is 1. The van der Waals surface area contributed by atoms with Crippen molar-refractivity contribution in [2.45, 2.75) is 76.9 Å². The van der Waals surface area contributed by atoms with Gasteiger partial charge in [-0.2, -0.15) is 0 Å². The van der Waals surface area contributed by atoms with E-state index in [1.54, 1.807) is 0 Å². The molecule has 2 aliphatic rings. The first-order chi connectivity index (χ1) is 8.49. The number of rotatable bonds is 3. The minimum atomic E-state index is -0.237. The number of carbonyl (C=O) groups excluding carboxylic acids is 1. The van der Waals surface area contributed by atoms with Crippen molar-refractivity contribution in [2.75, 3.05) is 6.54 Å². The molecule has 1 heterocycles. The van der Waals surface area contributed by atoms with Crippen molar-refractivity contribution in [3.8, 4) is 0 Å². The van der Waals surface area contributed by atoms with Gasteiger partial charge < -0.3 is 10.0 Å². The van der Waals surface area contributed by atoms with Gasteiger partial charge in [-0.25, -0.2) is 0 Å². The summed E-state index contributed by atoms with van der Waals surface area (Å²) in [5.41, 5.74) is -0.176. The molecule has 0 aromatic heterocycles. The predicted octanol–water partition coefficient (Wildman–Crippen LogP) is 2.72. The second-order valence-electron chi connectivity index (χ2n) is 6.69. The third kappa shape index (κ3) is 3.25. The molecule has 0 spiro atoms. The van der Waals surface area contributed by atoms with Gasteiger partial charge in [-0.05, 0) is 39.0 Å². The van der Waals surface area contributed by atoms with Crippen LogP contribution in [0.2, 0.25) is 0 Å². The van der Waals surface area contributed by atoms with Crippen molar-refractivity contribution in [3.63, 3.8) is 0 Å². The van der Waals surface area contributed by atoms with Gasteiger partial charge in [0.15, 0.2) is 0 Å². The number of aliphatic hydroxyl groups is 1. The fraction of sp³-hybridized carbons (Fsp3) is 0.933. The first-order valence-corrected chi connectivity index (χ1v) is 7.47. The second kappa shape index (κ2) is 5.60. The molecule has 1 aliphatic heterocycles. The average Bonchev–Trinajstić information content (AvgIpc) is 2.77. The largest absolute Gasteiger partial charge is 0.393 e. The highest BCUT2D eigenvalue weighted by Gasteiger charge is 2.36. The summed E-state index contributed by atoms with van der Waals surface area (Å²) < 4.78 is 0. The molecule has 3 heteroatoms. The lowest BCUT2D eigenvalue weighted by molar-refractivity contribution is -0.141. The number of amides is 1. The van der Waals surface area contributed by atoms with Crippen LogP contribution in [0.5, 0.6) is 0 Å². The molecule has 2 rings (SSSR count). The molecule has 1 atom stereocenters. The molecule has 1 N–H and O–H groups in total. The van der Waals surface area contributed by atoms with Gasteiger partial charge in [-0.15, -0.1) is 0 Å². The molecular weight excluding hydrogens is 226 g/mol. The van der Waals surface area contributed by atoms with Crippen molar-refractivity contribution in [3.05, 3.63) is 0 Å². The van der Waals surface area contributed by atoms with E-state index in [4.69, 9.17) is 0 Å². The molecule has 0 radical (unpaired) electrons. The normalized spacial score (nSPS) is 28.6. The SMILES string of the molecule is CC1(C)CC(O)CCN1C(=O)CCC1CCCC1. The van der Waals surface area contributed by atoms with Gasteiger partial charge in [0.25, 0.3) is 0 Å². The molecule has 0 bridgehead atoms. The second-order valence-corrected chi connectivity index (χ2v) is 6.69. The molecule has 3 nitrogen and oxygen atoms in total. The molecule has 1 aliphatic carbocycles. The molecular formula is C15H27NO2. The Balaban J connectivity index is 1.83. The Kier molecular flexibility index (Phi) is 4.31. The van der Waals surface area contributed by atoms with Gasteiger partial charge in [0.1, 0.15) is 0 Å². The monoisotopic (exact) mass is 253 g/mol. The van der Waals surface area contributed by atoms with E-state index in [1.807, 2.05) is 4.90 Å². The Morgan fingerprint density at radius 3 is 2.56 bits per heavy atom. The van der Waals surface area contributed by atoms with Crippen molar-refractivity contribution >= 4 is 5.91 Å². The quantitative estimate of drug-likeness (QED) is 0.840. The van der Waals surface area contributed by atoms with Crippen molar-refractivity contribution < 1.29 is 9.90 Å². The van der Waals surface area contributed by atoms with E-state index < -0.39 is 0 Å². The minimum Gasteiger partial charge on any atom is -0.393 e. The fourth-order valence-corrected chi connectivity index (χ4v) is 3.59. The summed E-state index contributed by atoms with van der Waals surface area (Å²) in [7, 11) is 0. The van der Waals surface area contributed by atoms with Crippen LogP contribution in [0.15, 0.2) is 0 Å². The summed E-state index contributed by atoms with van der Waals surface area (Å²) >= 11 is 0. The zero-order valence-electron chi connectivity index (χ0n) is 11.8. The Morgan fingerprint density at radius 1 is 1.28 bits per heavy atom. The molecule has 1 saturated carbocycles. The highest BCUT2D eigenvalue weighted by atomic mass is 16.3. The van der Waals surface area contributed by atoms with Crippen LogP contribution in [0.25, 0.3) is 0 Å². The van der Waals surface area contributed by atoms with Crippen LogP contribution < -0.4 is 0 Å².